The van der Waals surface area contributed by atoms with Crippen molar-refractivity contribution in [2.45, 2.75) is 27.2 Å². The van der Waals surface area contributed by atoms with Crippen LogP contribution in [0, 0.1) is 24.2 Å². The van der Waals surface area contributed by atoms with Gasteiger partial charge in [0.05, 0.1) is 11.3 Å². The van der Waals surface area contributed by atoms with Gasteiger partial charge in [0, 0.05) is 10.9 Å². The Morgan fingerprint density at radius 1 is 1.19 bits per heavy atom. The minimum atomic E-state index is 0.600. The molecular formula is C23H22N2S. The van der Waals surface area contributed by atoms with Crippen molar-refractivity contribution in [3.63, 3.8) is 0 Å². The Hall–Kier alpha value is -2.70. The second-order valence-corrected chi connectivity index (χ2v) is 7.77. The molecule has 0 saturated carbocycles. The van der Waals surface area contributed by atoms with Gasteiger partial charge in [-0.3, -0.25) is 0 Å². The lowest BCUT2D eigenvalue weighted by atomic mass is 10.0. The van der Waals surface area contributed by atoms with Gasteiger partial charge in [-0.05, 0) is 36.5 Å². The first-order valence-corrected chi connectivity index (χ1v) is 9.67. The van der Waals surface area contributed by atoms with Crippen LogP contribution in [0.3, 0.4) is 0 Å². The van der Waals surface area contributed by atoms with Crippen LogP contribution in [-0.4, -0.2) is 4.98 Å². The van der Waals surface area contributed by atoms with Crippen LogP contribution in [0.15, 0.2) is 53.9 Å². The van der Waals surface area contributed by atoms with E-state index in [1.165, 1.54) is 22.5 Å². The summed E-state index contributed by atoms with van der Waals surface area (Å²) in [4.78, 5) is 4.69. The highest BCUT2D eigenvalue weighted by molar-refractivity contribution is 7.11. The van der Waals surface area contributed by atoms with E-state index in [0.717, 1.165) is 28.2 Å². The van der Waals surface area contributed by atoms with E-state index in [1.807, 2.05) is 36.6 Å². The predicted molar refractivity (Wildman–Crippen MR) is 111 cm³/mol. The van der Waals surface area contributed by atoms with Crippen LogP contribution in [-0.2, 0) is 6.42 Å². The van der Waals surface area contributed by atoms with Crippen LogP contribution >= 0.6 is 11.3 Å². The zero-order valence-electron chi connectivity index (χ0n) is 15.4. The van der Waals surface area contributed by atoms with E-state index in [0.29, 0.717) is 11.5 Å². The Kier molecular flexibility index (Phi) is 5.65. The standard InChI is InChI=1S/C23H22N2S/c1-16(2)11-18-7-9-20(10-8-18)22-15-26-23(25-22)21(14-24)13-19-6-4-5-17(3)12-19/h4-10,12-13,15-16H,11H2,1-3H3. The fourth-order valence-electron chi connectivity index (χ4n) is 2.88. The zero-order valence-corrected chi connectivity index (χ0v) is 16.2. The minimum absolute atomic E-state index is 0.600. The van der Waals surface area contributed by atoms with Crippen molar-refractivity contribution in [1.29, 1.82) is 5.26 Å². The number of aromatic nitrogens is 1. The molecule has 0 fully saturated rings. The maximum atomic E-state index is 9.56. The number of aryl methyl sites for hydroxylation is 1. The zero-order chi connectivity index (χ0) is 18.5. The third kappa shape index (κ3) is 4.47. The summed E-state index contributed by atoms with van der Waals surface area (Å²) in [5.74, 6) is 0.650. The number of nitriles is 1. The van der Waals surface area contributed by atoms with Crippen molar-refractivity contribution in [3.05, 3.63) is 75.6 Å². The number of thiazole rings is 1. The summed E-state index contributed by atoms with van der Waals surface area (Å²) in [5.41, 5.74) is 6.16. The van der Waals surface area contributed by atoms with E-state index < -0.39 is 0 Å². The summed E-state index contributed by atoms with van der Waals surface area (Å²) >= 11 is 1.51. The molecule has 3 aromatic rings. The molecule has 0 amide bonds. The van der Waals surface area contributed by atoms with E-state index in [1.54, 1.807) is 0 Å². The van der Waals surface area contributed by atoms with E-state index in [9.17, 15) is 5.26 Å². The molecule has 130 valence electrons. The van der Waals surface area contributed by atoms with Gasteiger partial charge < -0.3 is 0 Å². The van der Waals surface area contributed by atoms with Crippen molar-refractivity contribution in [1.82, 2.24) is 4.98 Å². The molecule has 0 radical (unpaired) electrons. The molecule has 0 atom stereocenters. The van der Waals surface area contributed by atoms with Gasteiger partial charge in [-0.25, -0.2) is 4.98 Å². The lowest BCUT2D eigenvalue weighted by Crippen LogP contribution is -1.93. The van der Waals surface area contributed by atoms with Crippen LogP contribution in [0.1, 0.15) is 35.5 Å². The van der Waals surface area contributed by atoms with Gasteiger partial charge in [-0.15, -0.1) is 11.3 Å². The summed E-state index contributed by atoms with van der Waals surface area (Å²) in [6.45, 7) is 6.50. The van der Waals surface area contributed by atoms with Crippen molar-refractivity contribution < 1.29 is 0 Å². The van der Waals surface area contributed by atoms with Gasteiger partial charge in [-0.2, -0.15) is 5.26 Å². The van der Waals surface area contributed by atoms with E-state index in [4.69, 9.17) is 0 Å². The monoisotopic (exact) mass is 358 g/mol. The fourth-order valence-corrected chi connectivity index (χ4v) is 3.68. The summed E-state index contributed by atoms with van der Waals surface area (Å²) in [6.07, 6.45) is 2.99. The third-order valence-electron chi connectivity index (χ3n) is 4.10. The van der Waals surface area contributed by atoms with Gasteiger partial charge >= 0.3 is 0 Å². The highest BCUT2D eigenvalue weighted by Gasteiger charge is 2.09. The van der Waals surface area contributed by atoms with Gasteiger partial charge in [0.15, 0.2) is 0 Å². The number of hydrogen-bond acceptors (Lipinski definition) is 3. The maximum absolute atomic E-state index is 9.56. The van der Waals surface area contributed by atoms with Crippen LogP contribution in [0.4, 0.5) is 0 Å². The number of benzene rings is 2. The minimum Gasteiger partial charge on any atom is -0.235 e. The molecule has 0 unspecified atom stereocenters. The first kappa shape index (κ1) is 18.1. The normalized spacial score (nSPS) is 11.6. The van der Waals surface area contributed by atoms with Gasteiger partial charge in [-0.1, -0.05) is 67.9 Å². The smallest absolute Gasteiger partial charge is 0.134 e. The molecular weight excluding hydrogens is 336 g/mol. The first-order chi connectivity index (χ1) is 12.5. The average Bonchev–Trinajstić information content (AvgIpc) is 3.10. The van der Waals surface area contributed by atoms with Crippen LogP contribution in [0.25, 0.3) is 22.9 Å². The van der Waals surface area contributed by atoms with Gasteiger partial charge in [0.2, 0.25) is 0 Å². The molecule has 3 heteroatoms. The second kappa shape index (κ2) is 8.12. The van der Waals surface area contributed by atoms with Crippen molar-refractivity contribution in [2.24, 2.45) is 5.92 Å². The van der Waals surface area contributed by atoms with E-state index in [-0.39, 0.29) is 0 Å². The summed E-state index contributed by atoms with van der Waals surface area (Å²) < 4.78 is 0. The lowest BCUT2D eigenvalue weighted by Gasteiger charge is -2.05. The Morgan fingerprint density at radius 2 is 1.96 bits per heavy atom. The molecule has 0 saturated heterocycles. The lowest BCUT2D eigenvalue weighted by molar-refractivity contribution is 0.647. The predicted octanol–water partition coefficient (Wildman–Crippen LogP) is 6.38. The molecule has 1 aromatic heterocycles. The molecule has 0 N–H and O–H groups in total. The largest absolute Gasteiger partial charge is 0.235 e. The molecule has 0 aliphatic rings. The quantitative estimate of drug-likeness (QED) is 0.496. The third-order valence-corrected chi connectivity index (χ3v) is 4.98. The summed E-state index contributed by atoms with van der Waals surface area (Å²) in [5, 5.41) is 12.3. The summed E-state index contributed by atoms with van der Waals surface area (Å²) in [6, 6.07) is 19.0. The Labute approximate surface area is 159 Å². The maximum Gasteiger partial charge on any atom is 0.134 e. The molecule has 0 bridgehead atoms. The highest BCUT2D eigenvalue weighted by Crippen LogP contribution is 2.27. The molecule has 3 rings (SSSR count). The number of allylic oxidation sites excluding steroid dienone is 1. The summed E-state index contributed by atoms with van der Waals surface area (Å²) in [7, 11) is 0. The highest BCUT2D eigenvalue weighted by atomic mass is 32.1. The molecule has 0 spiro atoms. The van der Waals surface area contributed by atoms with E-state index >= 15 is 0 Å². The first-order valence-electron chi connectivity index (χ1n) is 8.79. The Bertz CT molecular complexity index is 956. The average molecular weight is 359 g/mol. The van der Waals surface area contributed by atoms with Crippen molar-refractivity contribution in [3.8, 4) is 17.3 Å². The molecule has 2 nitrogen and oxygen atoms in total. The Morgan fingerprint density at radius 3 is 2.62 bits per heavy atom. The van der Waals surface area contributed by atoms with Gasteiger partial charge in [0.25, 0.3) is 0 Å². The number of nitrogens with zero attached hydrogens (tertiary/aromatic N) is 2. The molecule has 0 aliphatic carbocycles. The molecule has 0 aliphatic heterocycles. The second-order valence-electron chi connectivity index (χ2n) is 6.92. The van der Waals surface area contributed by atoms with Crippen molar-refractivity contribution in [2.75, 3.05) is 0 Å². The molecule has 26 heavy (non-hydrogen) atoms. The van der Waals surface area contributed by atoms with Crippen LogP contribution in [0.5, 0.6) is 0 Å². The number of hydrogen-bond donors (Lipinski definition) is 0. The molecule has 2 aromatic carbocycles. The van der Waals surface area contributed by atoms with Gasteiger partial charge in [0.1, 0.15) is 11.1 Å². The van der Waals surface area contributed by atoms with Crippen molar-refractivity contribution >= 4 is 23.0 Å². The van der Waals surface area contributed by atoms with Crippen LogP contribution in [0.2, 0.25) is 0 Å². The molecule has 1 heterocycles. The number of rotatable bonds is 5. The SMILES string of the molecule is Cc1cccc(C=C(C#N)c2nc(-c3ccc(CC(C)C)cc3)cs2)c1. The topological polar surface area (TPSA) is 36.7 Å². The fraction of sp³-hybridized carbons (Fsp3) is 0.217. The Balaban J connectivity index is 1.85. The van der Waals surface area contributed by atoms with E-state index in [2.05, 4.69) is 55.2 Å². The van der Waals surface area contributed by atoms with Crippen LogP contribution < -0.4 is 0 Å².